The van der Waals surface area contributed by atoms with Crippen molar-refractivity contribution in [2.45, 2.75) is 31.5 Å². The van der Waals surface area contributed by atoms with Crippen molar-refractivity contribution < 1.29 is 13.2 Å². The zero-order chi connectivity index (χ0) is 14.9. The second kappa shape index (κ2) is 5.35. The van der Waals surface area contributed by atoms with Crippen molar-refractivity contribution in [3.05, 3.63) is 53.3 Å². The van der Waals surface area contributed by atoms with Crippen LogP contribution < -0.4 is 5.32 Å². The lowest BCUT2D eigenvalue weighted by Crippen LogP contribution is -2.13. The first-order valence-corrected chi connectivity index (χ1v) is 6.76. The Morgan fingerprint density at radius 2 is 1.81 bits per heavy atom. The van der Waals surface area contributed by atoms with E-state index in [0.717, 1.165) is 24.5 Å². The van der Waals surface area contributed by atoms with Crippen molar-refractivity contribution >= 4 is 5.95 Å². The van der Waals surface area contributed by atoms with Gasteiger partial charge in [0, 0.05) is 18.2 Å². The van der Waals surface area contributed by atoms with E-state index < -0.39 is 11.9 Å². The summed E-state index contributed by atoms with van der Waals surface area (Å²) >= 11 is 0. The van der Waals surface area contributed by atoms with Crippen LogP contribution in [0.5, 0.6) is 0 Å². The molecule has 110 valence electrons. The van der Waals surface area contributed by atoms with Crippen LogP contribution in [0.2, 0.25) is 0 Å². The van der Waals surface area contributed by atoms with Crippen LogP contribution in [0.1, 0.15) is 35.7 Å². The van der Waals surface area contributed by atoms with Crippen molar-refractivity contribution in [2.24, 2.45) is 0 Å². The fourth-order valence-electron chi connectivity index (χ4n) is 2.06. The van der Waals surface area contributed by atoms with Gasteiger partial charge in [0.05, 0.1) is 0 Å². The first-order valence-electron chi connectivity index (χ1n) is 6.76. The third kappa shape index (κ3) is 3.51. The summed E-state index contributed by atoms with van der Waals surface area (Å²) in [5.41, 5.74) is 0.564. The van der Waals surface area contributed by atoms with Crippen LogP contribution in [0.3, 0.4) is 0 Å². The number of benzene rings is 1. The highest BCUT2D eigenvalue weighted by Gasteiger charge is 2.35. The summed E-state index contributed by atoms with van der Waals surface area (Å²) in [4.78, 5) is 7.78. The fourth-order valence-corrected chi connectivity index (χ4v) is 2.06. The van der Waals surface area contributed by atoms with Gasteiger partial charge < -0.3 is 5.32 Å². The molecule has 6 heteroatoms. The van der Waals surface area contributed by atoms with E-state index in [1.807, 2.05) is 30.3 Å². The smallest absolute Gasteiger partial charge is 0.350 e. The number of hydrogen-bond acceptors (Lipinski definition) is 3. The molecule has 0 aliphatic heterocycles. The quantitative estimate of drug-likeness (QED) is 0.926. The molecular formula is C15H14F3N3. The second-order valence-electron chi connectivity index (χ2n) is 5.11. The SMILES string of the molecule is FC(F)(F)c1cc(C2CC2)nc(NCc2ccccc2)n1. The first kappa shape index (κ1) is 13.9. The Hall–Kier alpha value is -2.11. The molecule has 21 heavy (non-hydrogen) atoms. The Morgan fingerprint density at radius 3 is 2.43 bits per heavy atom. The maximum atomic E-state index is 12.9. The third-order valence-corrected chi connectivity index (χ3v) is 3.33. The Labute approximate surface area is 120 Å². The summed E-state index contributed by atoms with van der Waals surface area (Å²) in [6, 6.07) is 10.5. The summed E-state index contributed by atoms with van der Waals surface area (Å²) in [5.74, 6) is 0.182. The lowest BCUT2D eigenvalue weighted by molar-refractivity contribution is -0.141. The summed E-state index contributed by atoms with van der Waals surface area (Å²) in [6.07, 6.45) is -2.66. The van der Waals surface area contributed by atoms with E-state index in [2.05, 4.69) is 15.3 Å². The fraction of sp³-hybridized carbons (Fsp3) is 0.333. The summed E-state index contributed by atoms with van der Waals surface area (Å²) in [5, 5.41) is 2.87. The van der Waals surface area contributed by atoms with Crippen LogP contribution >= 0.6 is 0 Å². The van der Waals surface area contributed by atoms with Crippen molar-refractivity contribution in [3.63, 3.8) is 0 Å². The van der Waals surface area contributed by atoms with Gasteiger partial charge in [-0.15, -0.1) is 0 Å². The molecule has 0 saturated heterocycles. The van der Waals surface area contributed by atoms with Crippen molar-refractivity contribution in [2.75, 3.05) is 5.32 Å². The summed E-state index contributed by atoms with van der Waals surface area (Å²) in [7, 11) is 0. The lowest BCUT2D eigenvalue weighted by atomic mass is 10.2. The molecule has 1 fully saturated rings. The average molecular weight is 293 g/mol. The second-order valence-corrected chi connectivity index (χ2v) is 5.11. The van der Waals surface area contributed by atoms with Gasteiger partial charge in [-0.25, -0.2) is 9.97 Å². The van der Waals surface area contributed by atoms with Gasteiger partial charge in [-0.3, -0.25) is 0 Å². The maximum absolute atomic E-state index is 12.9. The van der Waals surface area contributed by atoms with Gasteiger partial charge in [0.1, 0.15) is 5.69 Å². The van der Waals surface area contributed by atoms with Crippen LogP contribution in [0, 0.1) is 0 Å². The molecule has 2 aromatic rings. The Bertz CT molecular complexity index is 622. The molecular weight excluding hydrogens is 279 g/mol. The molecule has 0 unspecified atom stereocenters. The minimum atomic E-state index is -4.45. The molecule has 3 nitrogen and oxygen atoms in total. The van der Waals surface area contributed by atoms with Crippen LogP contribution in [-0.2, 0) is 12.7 Å². The van der Waals surface area contributed by atoms with E-state index in [1.54, 1.807) is 0 Å². The molecule has 1 heterocycles. The van der Waals surface area contributed by atoms with E-state index in [9.17, 15) is 13.2 Å². The van der Waals surface area contributed by atoms with Crippen molar-refractivity contribution in [1.82, 2.24) is 9.97 Å². The number of aromatic nitrogens is 2. The Kier molecular flexibility index (Phi) is 3.53. The Balaban J connectivity index is 1.82. The molecule has 3 rings (SSSR count). The summed E-state index contributed by atoms with van der Waals surface area (Å²) < 4.78 is 38.6. The molecule has 1 aliphatic carbocycles. The van der Waals surface area contributed by atoms with E-state index in [1.165, 1.54) is 0 Å². The molecule has 0 bridgehead atoms. The highest BCUT2D eigenvalue weighted by molar-refractivity contribution is 5.33. The highest BCUT2D eigenvalue weighted by Crippen LogP contribution is 2.41. The summed E-state index contributed by atoms with van der Waals surface area (Å²) in [6.45, 7) is 0.395. The first-order chi connectivity index (χ1) is 10.0. The molecule has 0 amide bonds. The zero-order valence-electron chi connectivity index (χ0n) is 11.2. The lowest BCUT2D eigenvalue weighted by Gasteiger charge is -2.11. The number of nitrogens with zero attached hydrogens (tertiary/aromatic N) is 2. The van der Waals surface area contributed by atoms with E-state index >= 15 is 0 Å². The largest absolute Gasteiger partial charge is 0.433 e. The van der Waals surface area contributed by atoms with Gasteiger partial charge in [-0.05, 0) is 24.5 Å². The van der Waals surface area contributed by atoms with Crippen LogP contribution in [-0.4, -0.2) is 9.97 Å². The zero-order valence-corrected chi connectivity index (χ0v) is 11.2. The van der Waals surface area contributed by atoms with Gasteiger partial charge in [-0.1, -0.05) is 30.3 Å². The van der Waals surface area contributed by atoms with Crippen LogP contribution in [0.15, 0.2) is 36.4 Å². The number of halogens is 3. The third-order valence-electron chi connectivity index (χ3n) is 3.33. The average Bonchev–Trinajstić information content (AvgIpc) is 3.30. The van der Waals surface area contributed by atoms with Gasteiger partial charge in [0.25, 0.3) is 0 Å². The van der Waals surface area contributed by atoms with Crippen molar-refractivity contribution in [3.8, 4) is 0 Å². The number of nitrogens with one attached hydrogen (secondary N) is 1. The standard InChI is InChI=1S/C15H14F3N3/c16-15(17,18)13-8-12(11-6-7-11)20-14(21-13)19-9-10-4-2-1-3-5-10/h1-5,8,11H,6-7,9H2,(H,19,20,21). The molecule has 0 atom stereocenters. The maximum Gasteiger partial charge on any atom is 0.433 e. The van der Waals surface area contributed by atoms with Gasteiger partial charge in [0.2, 0.25) is 5.95 Å². The molecule has 0 radical (unpaired) electrons. The minimum Gasteiger partial charge on any atom is -0.350 e. The predicted octanol–water partition coefficient (Wildman–Crippen LogP) is 3.98. The number of alkyl halides is 3. The normalized spacial score (nSPS) is 15.0. The molecule has 1 aromatic carbocycles. The molecule has 0 spiro atoms. The molecule has 1 N–H and O–H groups in total. The number of rotatable bonds is 4. The predicted molar refractivity (Wildman–Crippen MR) is 72.8 cm³/mol. The molecule has 1 aromatic heterocycles. The molecule has 1 saturated carbocycles. The van der Waals surface area contributed by atoms with Crippen LogP contribution in [0.25, 0.3) is 0 Å². The van der Waals surface area contributed by atoms with E-state index in [4.69, 9.17) is 0 Å². The van der Waals surface area contributed by atoms with Crippen molar-refractivity contribution in [1.29, 1.82) is 0 Å². The van der Waals surface area contributed by atoms with Gasteiger partial charge in [0.15, 0.2) is 0 Å². The topological polar surface area (TPSA) is 37.8 Å². The molecule has 1 aliphatic rings. The monoisotopic (exact) mass is 293 g/mol. The highest BCUT2D eigenvalue weighted by atomic mass is 19.4. The van der Waals surface area contributed by atoms with E-state index in [-0.39, 0.29) is 11.9 Å². The van der Waals surface area contributed by atoms with Gasteiger partial charge in [-0.2, -0.15) is 13.2 Å². The van der Waals surface area contributed by atoms with Gasteiger partial charge >= 0.3 is 6.18 Å². The number of anilines is 1. The minimum absolute atomic E-state index is 0.0376. The van der Waals surface area contributed by atoms with E-state index in [0.29, 0.717) is 12.2 Å². The van der Waals surface area contributed by atoms with Crippen LogP contribution in [0.4, 0.5) is 19.1 Å². The number of hydrogen-bond donors (Lipinski definition) is 1. The Morgan fingerprint density at radius 1 is 1.10 bits per heavy atom.